The van der Waals surface area contributed by atoms with Crippen LogP contribution in [-0.4, -0.2) is 50.9 Å². The first-order valence-electron chi connectivity index (χ1n) is 9.65. The molecule has 1 saturated carbocycles. The number of rotatable bonds is 8. The van der Waals surface area contributed by atoms with Crippen LogP contribution in [0.15, 0.2) is 6.20 Å². The topological polar surface area (TPSA) is 89.3 Å². The second kappa shape index (κ2) is 8.76. The highest BCUT2D eigenvalue weighted by molar-refractivity contribution is 5.79. The van der Waals surface area contributed by atoms with Gasteiger partial charge < -0.3 is 15.2 Å². The lowest BCUT2D eigenvalue weighted by Gasteiger charge is -2.37. The Morgan fingerprint density at radius 2 is 2.24 bits per heavy atom. The number of carbonyl (C=O) groups excluding carboxylic acids is 1. The fourth-order valence-corrected chi connectivity index (χ4v) is 3.57. The summed E-state index contributed by atoms with van der Waals surface area (Å²) in [5.74, 6) is 0.296. The van der Waals surface area contributed by atoms with Gasteiger partial charge in [0.25, 0.3) is 0 Å². The van der Waals surface area contributed by atoms with Gasteiger partial charge in [-0.3, -0.25) is 9.48 Å². The van der Waals surface area contributed by atoms with E-state index in [2.05, 4.69) is 22.6 Å². The van der Waals surface area contributed by atoms with Crippen LogP contribution in [-0.2, 0) is 22.5 Å². The maximum atomic E-state index is 12.1. The normalized spacial score (nSPS) is 27.0. The van der Waals surface area contributed by atoms with Gasteiger partial charge >= 0.3 is 0 Å². The van der Waals surface area contributed by atoms with E-state index >= 15 is 0 Å². The van der Waals surface area contributed by atoms with Crippen molar-refractivity contribution in [2.45, 2.75) is 83.1 Å². The van der Waals surface area contributed by atoms with Gasteiger partial charge in [-0.25, -0.2) is 0 Å². The molecule has 3 atom stereocenters. The Balaban J connectivity index is 1.44. The summed E-state index contributed by atoms with van der Waals surface area (Å²) in [6.07, 6.45) is 9.51. The van der Waals surface area contributed by atoms with Gasteiger partial charge in [0.1, 0.15) is 6.10 Å². The van der Waals surface area contributed by atoms with E-state index in [1.807, 2.05) is 10.9 Å². The molecule has 1 saturated heterocycles. The molecule has 0 aromatic carbocycles. The number of aliphatic hydroxyl groups is 1. The third kappa shape index (κ3) is 4.79. The molecule has 2 heterocycles. The Bertz CT molecular complexity index is 558. The maximum Gasteiger partial charge on any atom is 0.223 e. The summed E-state index contributed by atoms with van der Waals surface area (Å²) in [7, 11) is 0. The third-order valence-electron chi connectivity index (χ3n) is 5.37. The number of aliphatic hydroxyl groups excluding tert-OH is 1. The molecule has 1 amide bonds. The summed E-state index contributed by atoms with van der Waals surface area (Å²) in [6, 6.07) is -0.0723. The lowest BCUT2D eigenvalue weighted by atomic mass is 9.84. The first-order chi connectivity index (χ1) is 12.2. The SMILES string of the molecule is CCCc1cn(CC[C@H]2CC[C@H](NC(=O)C3CCC3)[C@@H](CO)O2)nn1. The Morgan fingerprint density at radius 1 is 1.40 bits per heavy atom. The number of nitrogens with zero attached hydrogens (tertiary/aromatic N) is 3. The summed E-state index contributed by atoms with van der Waals surface area (Å²) < 4.78 is 7.90. The van der Waals surface area contributed by atoms with Crippen molar-refractivity contribution in [1.82, 2.24) is 20.3 Å². The van der Waals surface area contributed by atoms with Gasteiger partial charge in [-0.2, -0.15) is 0 Å². The predicted molar refractivity (Wildman–Crippen MR) is 92.9 cm³/mol. The first kappa shape index (κ1) is 18.3. The van der Waals surface area contributed by atoms with Crippen molar-refractivity contribution >= 4 is 5.91 Å². The Kier molecular flexibility index (Phi) is 6.42. The second-order valence-electron chi connectivity index (χ2n) is 7.31. The van der Waals surface area contributed by atoms with Crippen LogP contribution in [0, 0.1) is 5.92 Å². The van der Waals surface area contributed by atoms with Crippen LogP contribution in [0.5, 0.6) is 0 Å². The average molecular weight is 350 g/mol. The van der Waals surface area contributed by atoms with Crippen molar-refractivity contribution in [2.75, 3.05) is 6.61 Å². The molecule has 140 valence electrons. The number of hydrogen-bond donors (Lipinski definition) is 2. The highest BCUT2D eigenvalue weighted by atomic mass is 16.5. The lowest BCUT2D eigenvalue weighted by molar-refractivity contribution is -0.134. The van der Waals surface area contributed by atoms with Crippen LogP contribution >= 0.6 is 0 Å². The molecule has 1 aromatic rings. The standard InChI is InChI=1S/C18H30N4O3/c1-2-4-14-11-22(21-20-14)10-9-15-7-8-16(17(12-23)25-15)19-18(24)13-5-3-6-13/h11,13,15-17,23H,2-10,12H2,1H3,(H,19,24)/t15-,16+,17-/m1/s1. The predicted octanol–water partition coefficient (Wildman–Crippen LogP) is 1.45. The van der Waals surface area contributed by atoms with E-state index in [-0.39, 0.29) is 36.7 Å². The molecule has 1 aliphatic heterocycles. The lowest BCUT2D eigenvalue weighted by Crippen LogP contribution is -2.52. The fraction of sp³-hybridized carbons (Fsp3) is 0.833. The molecule has 7 heteroatoms. The van der Waals surface area contributed by atoms with Crippen molar-refractivity contribution in [3.8, 4) is 0 Å². The molecule has 0 radical (unpaired) electrons. The summed E-state index contributed by atoms with van der Waals surface area (Å²) in [6.45, 7) is 2.83. The van der Waals surface area contributed by atoms with Gasteiger partial charge in [-0.15, -0.1) is 5.10 Å². The molecule has 1 aromatic heterocycles. The number of amides is 1. The third-order valence-corrected chi connectivity index (χ3v) is 5.37. The molecule has 7 nitrogen and oxygen atoms in total. The number of aryl methyl sites for hydroxylation is 2. The van der Waals surface area contributed by atoms with Gasteiger partial charge in [0.2, 0.25) is 5.91 Å². The minimum Gasteiger partial charge on any atom is -0.394 e. The summed E-state index contributed by atoms with van der Waals surface area (Å²) in [4.78, 5) is 12.1. The Labute approximate surface area is 149 Å². The van der Waals surface area contributed by atoms with Crippen molar-refractivity contribution in [3.05, 3.63) is 11.9 Å². The van der Waals surface area contributed by atoms with Crippen molar-refractivity contribution in [3.63, 3.8) is 0 Å². The van der Waals surface area contributed by atoms with Crippen molar-refractivity contribution in [2.24, 2.45) is 5.92 Å². The van der Waals surface area contributed by atoms with Gasteiger partial charge in [-0.1, -0.05) is 25.0 Å². The van der Waals surface area contributed by atoms with Crippen LogP contribution < -0.4 is 5.32 Å². The summed E-state index contributed by atoms with van der Waals surface area (Å²) in [5.41, 5.74) is 1.03. The molecular weight excluding hydrogens is 320 g/mol. The summed E-state index contributed by atoms with van der Waals surface area (Å²) >= 11 is 0. The highest BCUT2D eigenvalue weighted by Gasteiger charge is 2.34. The van der Waals surface area contributed by atoms with Crippen molar-refractivity contribution in [1.29, 1.82) is 0 Å². The number of aromatic nitrogens is 3. The average Bonchev–Trinajstić information content (AvgIpc) is 3.00. The van der Waals surface area contributed by atoms with E-state index in [1.165, 1.54) is 0 Å². The van der Waals surface area contributed by atoms with Gasteiger partial charge in [0.15, 0.2) is 0 Å². The van der Waals surface area contributed by atoms with Crippen LogP contribution in [0.4, 0.5) is 0 Å². The highest BCUT2D eigenvalue weighted by Crippen LogP contribution is 2.28. The van der Waals surface area contributed by atoms with Gasteiger partial charge in [0, 0.05) is 18.7 Å². The molecule has 1 aliphatic carbocycles. The second-order valence-corrected chi connectivity index (χ2v) is 7.31. The molecular formula is C18H30N4O3. The van der Waals surface area contributed by atoms with E-state index in [0.717, 1.165) is 63.6 Å². The minimum absolute atomic E-state index is 0.0594. The van der Waals surface area contributed by atoms with E-state index in [9.17, 15) is 9.90 Å². The zero-order valence-corrected chi connectivity index (χ0v) is 15.1. The zero-order valence-electron chi connectivity index (χ0n) is 15.1. The molecule has 2 fully saturated rings. The first-order valence-corrected chi connectivity index (χ1v) is 9.65. The number of nitrogens with one attached hydrogen (secondary N) is 1. The van der Waals surface area contributed by atoms with Crippen LogP contribution in [0.25, 0.3) is 0 Å². The van der Waals surface area contributed by atoms with Gasteiger partial charge in [-0.05, 0) is 38.5 Å². The molecule has 3 rings (SSSR count). The van der Waals surface area contributed by atoms with Crippen LogP contribution in [0.3, 0.4) is 0 Å². The Hall–Kier alpha value is -1.47. The molecule has 0 spiro atoms. The maximum absolute atomic E-state index is 12.1. The zero-order chi connectivity index (χ0) is 17.6. The monoisotopic (exact) mass is 350 g/mol. The summed E-state index contributed by atoms with van der Waals surface area (Å²) in [5, 5.41) is 21.0. The van der Waals surface area contributed by atoms with E-state index in [0.29, 0.717) is 0 Å². The molecule has 25 heavy (non-hydrogen) atoms. The number of hydrogen-bond acceptors (Lipinski definition) is 5. The van der Waals surface area contributed by atoms with E-state index in [4.69, 9.17) is 4.74 Å². The number of ether oxygens (including phenoxy) is 1. The van der Waals surface area contributed by atoms with Crippen LogP contribution in [0.1, 0.15) is 57.6 Å². The number of carbonyl (C=O) groups is 1. The van der Waals surface area contributed by atoms with E-state index < -0.39 is 0 Å². The fourth-order valence-electron chi connectivity index (χ4n) is 3.57. The largest absolute Gasteiger partial charge is 0.394 e. The Morgan fingerprint density at radius 3 is 2.92 bits per heavy atom. The molecule has 2 aliphatic rings. The molecule has 0 bridgehead atoms. The minimum atomic E-state index is -0.311. The van der Waals surface area contributed by atoms with E-state index in [1.54, 1.807) is 0 Å². The van der Waals surface area contributed by atoms with Crippen molar-refractivity contribution < 1.29 is 14.6 Å². The molecule has 2 N–H and O–H groups in total. The van der Waals surface area contributed by atoms with Crippen LogP contribution in [0.2, 0.25) is 0 Å². The quantitative estimate of drug-likeness (QED) is 0.741. The smallest absolute Gasteiger partial charge is 0.223 e. The van der Waals surface area contributed by atoms with Gasteiger partial charge in [0.05, 0.1) is 24.4 Å². The molecule has 0 unspecified atom stereocenters.